The fourth-order valence-corrected chi connectivity index (χ4v) is 2.29. The Bertz CT molecular complexity index is 678. The van der Waals surface area contributed by atoms with Crippen LogP contribution in [0.1, 0.15) is 54.4 Å². The molecule has 3 nitrogen and oxygen atoms in total. The molecule has 0 atom stereocenters. The van der Waals surface area contributed by atoms with E-state index in [9.17, 15) is 10.2 Å². The highest BCUT2D eigenvalue weighted by atomic mass is 16.3. The van der Waals surface area contributed by atoms with Crippen LogP contribution in [-0.4, -0.2) is 21.9 Å². The van der Waals surface area contributed by atoms with Crippen LogP contribution in [0.3, 0.4) is 0 Å². The molecule has 24 heavy (non-hydrogen) atoms. The molecule has 3 N–H and O–H groups in total. The van der Waals surface area contributed by atoms with Gasteiger partial charge in [0.15, 0.2) is 0 Å². The van der Waals surface area contributed by atoms with Crippen LogP contribution in [0.4, 0.5) is 0 Å². The minimum absolute atomic E-state index is 0.0781. The van der Waals surface area contributed by atoms with Crippen LogP contribution in [-0.2, 0) is 0 Å². The van der Waals surface area contributed by atoms with Gasteiger partial charge in [0.05, 0.1) is 0 Å². The quantitative estimate of drug-likeness (QED) is 0.436. The number of aliphatic hydroxyl groups excluding tert-OH is 1. The Balaban J connectivity index is 2.50. The number of unbranched alkanes of at least 4 members (excludes halogenated alkanes) is 3. The number of hydrogen-bond acceptors (Lipinski definition) is 3. The first-order valence-corrected chi connectivity index (χ1v) is 8.21. The van der Waals surface area contributed by atoms with Crippen molar-refractivity contribution < 1.29 is 15.3 Å². The third-order valence-corrected chi connectivity index (χ3v) is 3.94. The molecule has 1 aromatic rings. The van der Waals surface area contributed by atoms with E-state index in [0.717, 1.165) is 37.7 Å². The topological polar surface area (TPSA) is 60.7 Å². The summed E-state index contributed by atoms with van der Waals surface area (Å²) < 4.78 is 0. The van der Waals surface area contributed by atoms with Gasteiger partial charge in [-0.1, -0.05) is 18.1 Å². The van der Waals surface area contributed by atoms with Crippen LogP contribution < -0.4 is 0 Å². The van der Waals surface area contributed by atoms with Gasteiger partial charge in [0.25, 0.3) is 0 Å². The lowest BCUT2D eigenvalue weighted by atomic mass is 9.97. The van der Waals surface area contributed by atoms with Crippen molar-refractivity contribution in [3.05, 3.63) is 28.3 Å². The Kier molecular flexibility index (Phi) is 8.55. The van der Waals surface area contributed by atoms with E-state index in [0.29, 0.717) is 16.7 Å². The zero-order valence-corrected chi connectivity index (χ0v) is 14.7. The molecule has 0 unspecified atom stereocenters. The molecule has 0 saturated carbocycles. The molecule has 0 radical (unpaired) electrons. The van der Waals surface area contributed by atoms with E-state index in [-0.39, 0.29) is 18.1 Å². The summed E-state index contributed by atoms with van der Waals surface area (Å²) in [6, 6.07) is 0. The molecule has 0 aromatic heterocycles. The van der Waals surface area contributed by atoms with E-state index in [4.69, 9.17) is 5.11 Å². The molecule has 0 fully saturated rings. The van der Waals surface area contributed by atoms with Gasteiger partial charge in [-0.3, -0.25) is 0 Å². The number of phenols is 2. The van der Waals surface area contributed by atoms with Crippen molar-refractivity contribution in [2.45, 2.75) is 52.9 Å². The molecule has 0 amide bonds. The summed E-state index contributed by atoms with van der Waals surface area (Å²) in [6.07, 6.45) is 7.88. The van der Waals surface area contributed by atoms with Crippen molar-refractivity contribution in [1.29, 1.82) is 0 Å². The summed E-state index contributed by atoms with van der Waals surface area (Å²) >= 11 is 0. The Hall–Kier alpha value is -2.36. The Morgan fingerprint density at radius 1 is 0.792 bits per heavy atom. The maximum absolute atomic E-state index is 10.2. The predicted octanol–water partition coefficient (Wildman–Crippen LogP) is 3.99. The number of aliphatic hydroxyl groups is 1. The molecule has 0 aliphatic carbocycles. The second-order valence-electron chi connectivity index (χ2n) is 5.65. The fourth-order valence-electron chi connectivity index (χ4n) is 2.29. The first-order valence-electron chi connectivity index (χ1n) is 8.21. The maximum atomic E-state index is 10.2. The average molecular weight is 326 g/mol. The van der Waals surface area contributed by atoms with Crippen LogP contribution in [0, 0.1) is 44.5 Å². The molecule has 0 aliphatic rings. The summed E-state index contributed by atoms with van der Waals surface area (Å²) in [7, 11) is 0. The number of phenolic OH excluding ortho intramolecular Hbond substituents is 2. The van der Waals surface area contributed by atoms with Gasteiger partial charge in [0.1, 0.15) is 18.1 Å². The first kappa shape index (κ1) is 19.7. The van der Waals surface area contributed by atoms with Crippen molar-refractivity contribution in [3.63, 3.8) is 0 Å². The van der Waals surface area contributed by atoms with Crippen molar-refractivity contribution in [2.24, 2.45) is 0 Å². The summed E-state index contributed by atoms with van der Waals surface area (Å²) in [6.45, 7) is 5.33. The zero-order valence-electron chi connectivity index (χ0n) is 14.7. The van der Waals surface area contributed by atoms with Crippen molar-refractivity contribution in [2.75, 3.05) is 6.61 Å². The van der Waals surface area contributed by atoms with E-state index in [1.54, 1.807) is 20.8 Å². The third kappa shape index (κ3) is 5.69. The molecule has 0 heterocycles. The van der Waals surface area contributed by atoms with Gasteiger partial charge < -0.3 is 15.3 Å². The van der Waals surface area contributed by atoms with E-state index in [1.165, 1.54) is 0 Å². The molecule has 3 heteroatoms. The Morgan fingerprint density at radius 2 is 1.38 bits per heavy atom. The Labute approximate surface area is 145 Å². The van der Waals surface area contributed by atoms with E-state index < -0.39 is 0 Å². The van der Waals surface area contributed by atoms with Crippen molar-refractivity contribution in [1.82, 2.24) is 0 Å². The standard InChI is InChI=1S/C21H26O3/c1-16-17(2)21(24)19(18(3)20(16)23)14-12-10-8-6-4-5-7-9-11-13-15-22/h12,14,22-24H,5,7-10,15H2,1-3H3/b14-12+. The monoisotopic (exact) mass is 326 g/mol. The second kappa shape index (κ2) is 10.4. The number of hydrogen-bond donors (Lipinski definition) is 3. The van der Waals surface area contributed by atoms with Crippen molar-refractivity contribution in [3.8, 4) is 35.2 Å². The van der Waals surface area contributed by atoms with Gasteiger partial charge in [-0.25, -0.2) is 0 Å². The maximum Gasteiger partial charge on any atom is 0.126 e. The molecular formula is C21H26O3. The minimum atomic E-state index is -0.0781. The number of allylic oxidation sites excluding steroid dienone is 1. The fraction of sp³-hybridized carbons (Fsp3) is 0.429. The van der Waals surface area contributed by atoms with E-state index in [2.05, 4.69) is 23.7 Å². The lowest BCUT2D eigenvalue weighted by molar-refractivity contribution is 0.350. The minimum Gasteiger partial charge on any atom is -0.507 e. The molecule has 0 saturated heterocycles. The first-order chi connectivity index (χ1) is 11.5. The highest BCUT2D eigenvalue weighted by Crippen LogP contribution is 2.36. The smallest absolute Gasteiger partial charge is 0.126 e. The number of aromatic hydroxyl groups is 2. The van der Waals surface area contributed by atoms with Crippen LogP contribution in [0.25, 0.3) is 6.08 Å². The van der Waals surface area contributed by atoms with Crippen molar-refractivity contribution >= 4 is 6.08 Å². The summed E-state index contributed by atoms with van der Waals surface area (Å²) in [5, 5.41) is 28.8. The third-order valence-electron chi connectivity index (χ3n) is 3.94. The SMILES string of the molecule is Cc1c(C)c(O)c(/C=C/CCC#CCCCC#CCO)c(C)c1O. The van der Waals surface area contributed by atoms with Gasteiger partial charge in [-0.2, -0.15) is 0 Å². The van der Waals surface area contributed by atoms with Crippen LogP contribution in [0.15, 0.2) is 6.08 Å². The highest BCUT2D eigenvalue weighted by molar-refractivity contribution is 5.68. The molecular weight excluding hydrogens is 300 g/mol. The largest absolute Gasteiger partial charge is 0.507 e. The number of rotatable bonds is 5. The highest BCUT2D eigenvalue weighted by Gasteiger charge is 2.13. The average Bonchev–Trinajstić information content (AvgIpc) is 2.58. The molecule has 0 spiro atoms. The molecule has 0 bridgehead atoms. The van der Waals surface area contributed by atoms with Gasteiger partial charge in [-0.05, 0) is 44.7 Å². The summed E-state index contributed by atoms with van der Waals surface area (Å²) in [5.74, 6) is 12.2. The van der Waals surface area contributed by atoms with Gasteiger partial charge in [0.2, 0.25) is 0 Å². The molecule has 1 rings (SSSR count). The van der Waals surface area contributed by atoms with Gasteiger partial charge in [-0.15, -0.1) is 17.8 Å². The van der Waals surface area contributed by atoms with Gasteiger partial charge >= 0.3 is 0 Å². The second-order valence-corrected chi connectivity index (χ2v) is 5.65. The van der Waals surface area contributed by atoms with E-state index in [1.807, 2.05) is 12.2 Å². The molecule has 1 aromatic carbocycles. The number of benzene rings is 1. The van der Waals surface area contributed by atoms with Crippen LogP contribution >= 0.6 is 0 Å². The van der Waals surface area contributed by atoms with Crippen LogP contribution in [0.2, 0.25) is 0 Å². The lowest BCUT2D eigenvalue weighted by Gasteiger charge is -2.13. The van der Waals surface area contributed by atoms with Gasteiger partial charge in [0, 0.05) is 30.4 Å². The Morgan fingerprint density at radius 3 is 2.04 bits per heavy atom. The molecule has 0 aliphatic heterocycles. The summed E-state index contributed by atoms with van der Waals surface area (Å²) in [5.41, 5.74) is 2.80. The normalized spacial score (nSPS) is 10.2. The predicted molar refractivity (Wildman–Crippen MR) is 98.7 cm³/mol. The van der Waals surface area contributed by atoms with Crippen LogP contribution in [0.5, 0.6) is 11.5 Å². The zero-order chi connectivity index (χ0) is 17.9. The molecule has 128 valence electrons. The van der Waals surface area contributed by atoms with E-state index >= 15 is 0 Å². The summed E-state index contributed by atoms with van der Waals surface area (Å²) in [4.78, 5) is 0. The lowest BCUT2D eigenvalue weighted by Crippen LogP contribution is -1.92.